The van der Waals surface area contributed by atoms with Crippen molar-refractivity contribution in [1.29, 1.82) is 0 Å². The van der Waals surface area contributed by atoms with Crippen LogP contribution in [0.15, 0.2) is 65.5 Å². The molecule has 1 aliphatic carbocycles. The van der Waals surface area contributed by atoms with Gasteiger partial charge in [0.25, 0.3) is 0 Å². The molecule has 7 heteroatoms. The van der Waals surface area contributed by atoms with Crippen molar-refractivity contribution in [3.8, 4) is 5.75 Å². The predicted octanol–water partition coefficient (Wildman–Crippen LogP) is 4.96. The highest BCUT2D eigenvalue weighted by atomic mass is 35.5. The number of nitrogens with zero attached hydrogens (tertiary/aromatic N) is 1. The number of nitrogens with two attached hydrogens (primary N) is 1. The van der Waals surface area contributed by atoms with Crippen LogP contribution in [0.1, 0.15) is 50.8 Å². The summed E-state index contributed by atoms with van der Waals surface area (Å²) in [6, 6.07) is 8.69. The standard InChI is InChI=1S/C23H27NO3.C4H7NO.ClH/c1-15(2)22(25)27-19-6-5-18-11-21-16(3)23(4,20(18)12-19)8-9-24(21)13-17-7-10-26-14-17;1-3(2)4(5)6;/h5-7,10,12,14,16,21H,1,8-9,11,13H2,2-4H3;1H2,2H3,(H2,5,6);1H/t16-,21+,23-;;/m1../s1. The second-order valence-electron chi connectivity index (χ2n) is 9.46. The van der Waals surface area contributed by atoms with Gasteiger partial charge in [-0.1, -0.05) is 33.1 Å². The lowest BCUT2D eigenvalue weighted by atomic mass is 9.59. The minimum Gasteiger partial charge on any atom is -0.472 e. The molecule has 2 bridgehead atoms. The zero-order valence-electron chi connectivity index (χ0n) is 20.4. The Morgan fingerprint density at radius 3 is 2.47 bits per heavy atom. The highest BCUT2D eigenvalue weighted by Crippen LogP contribution is 2.49. The highest BCUT2D eigenvalue weighted by Gasteiger charge is 2.48. The second-order valence-corrected chi connectivity index (χ2v) is 9.46. The van der Waals surface area contributed by atoms with Crippen molar-refractivity contribution < 1.29 is 18.7 Å². The van der Waals surface area contributed by atoms with Crippen LogP contribution in [-0.4, -0.2) is 29.4 Å². The Hall–Kier alpha value is -2.83. The van der Waals surface area contributed by atoms with Crippen LogP contribution in [-0.2, 0) is 28.0 Å². The van der Waals surface area contributed by atoms with Crippen LogP contribution < -0.4 is 10.5 Å². The van der Waals surface area contributed by atoms with Crippen LogP contribution in [0.25, 0.3) is 0 Å². The Bertz CT molecular complexity index is 1050. The smallest absolute Gasteiger partial charge is 0.338 e. The molecule has 1 aliphatic heterocycles. The molecule has 34 heavy (non-hydrogen) atoms. The molecule has 4 rings (SSSR count). The quantitative estimate of drug-likeness (QED) is 0.367. The predicted molar refractivity (Wildman–Crippen MR) is 136 cm³/mol. The molecule has 2 aliphatic rings. The van der Waals surface area contributed by atoms with Gasteiger partial charge in [0.1, 0.15) is 5.75 Å². The molecule has 1 aromatic heterocycles. The summed E-state index contributed by atoms with van der Waals surface area (Å²) >= 11 is 0. The third-order valence-electron chi connectivity index (χ3n) is 7.04. The van der Waals surface area contributed by atoms with E-state index in [1.165, 1.54) is 16.7 Å². The van der Waals surface area contributed by atoms with E-state index in [1.54, 1.807) is 20.1 Å². The maximum atomic E-state index is 11.9. The van der Waals surface area contributed by atoms with Crippen LogP contribution >= 0.6 is 12.4 Å². The van der Waals surface area contributed by atoms with Crippen LogP contribution in [0.2, 0.25) is 0 Å². The summed E-state index contributed by atoms with van der Waals surface area (Å²) in [5, 5.41) is 0. The number of hydrogen-bond acceptors (Lipinski definition) is 5. The number of primary amides is 1. The fraction of sp³-hybridized carbons (Fsp3) is 0.407. The van der Waals surface area contributed by atoms with Crippen LogP contribution in [0, 0.1) is 5.92 Å². The first-order valence-electron chi connectivity index (χ1n) is 11.2. The van der Waals surface area contributed by atoms with Crippen molar-refractivity contribution in [1.82, 2.24) is 4.90 Å². The van der Waals surface area contributed by atoms with Gasteiger partial charge in [0.2, 0.25) is 5.91 Å². The average Bonchev–Trinajstić information content (AvgIpc) is 3.26. The monoisotopic (exact) mass is 486 g/mol. The first kappa shape index (κ1) is 27.4. The number of piperidine rings is 1. The number of fused-ring (bicyclic) bond motifs is 4. The number of halogens is 1. The molecule has 0 radical (unpaired) electrons. The maximum Gasteiger partial charge on any atom is 0.338 e. The van der Waals surface area contributed by atoms with Crippen molar-refractivity contribution in [2.75, 3.05) is 6.54 Å². The van der Waals surface area contributed by atoms with Crippen LogP contribution in [0.3, 0.4) is 0 Å². The zero-order valence-corrected chi connectivity index (χ0v) is 21.2. The lowest BCUT2D eigenvalue weighted by molar-refractivity contribution is -0.130. The number of carbonyl (C=O) groups excluding carboxylic acids is 2. The largest absolute Gasteiger partial charge is 0.472 e. The molecule has 2 aromatic rings. The lowest BCUT2D eigenvalue weighted by Gasteiger charge is -2.54. The van der Waals surface area contributed by atoms with Gasteiger partial charge in [0.15, 0.2) is 0 Å². The number of ether oxygens (including phenoxy) is 1. The molecule has 0 saturated carbocycles. The van der Waals surface area contributed by atoms with Crippen molar-refractivity contribution in [2.45, 2.75) is 58.5 Å². The van der Waals surface area contributed by atoms with E-state index in [4.69, 9.17) is 14.9 Å². The summed E-state index contributed by atoms with van der Waals surface area (Å²) in [5.74, 6) is 0.346. The summed E-state index contributed by atoms with van der Waals surface area (Å²) in [6.45, 7) is 16.9. The Balaban J connectivity index is 0.000000521. The van der Waals surface area contributed by atoms with E-state index >= 15 is 0 Å². The van der Waals surface area contributed by atoms with Gasteiger partial charge >= 0.3 is 5.97 Å². The number of furan rings is 1. The summed E-state index contributed by atoms with van der Waals surface area (Å²) in [7, 11) is 0. The normalized spacial score (nSPS) is 22.8. The number of carbonyl (C=O) groups is 2. The van der Waals surface area contributed by atoms with E-state index in [9.17, 15) is 9.59 Å². The minimum atomic E-state index is -0.435. The van der Waals surface area contributed by atoms with Crippen LogP contribution in [0.4, 0.5) is 0 Å². The summed E-state index contributed by atoms with van der Waals surface area (Å²) < 4.78 is 10.7. The molecule has 1 amide bonds. The molecule has 6 nitrogen and oxygen atoms in total. The highest BCUT2D eigenvalue weighted by molar-refractivity contribution is 5.90. The number of amides is 1. The van der Waals surface area contributed by atoms with Crippen molar-refractivity contribution in [3.63, 3.8) is 0 Å². The van der Waals surface area contributed by atoms with Gasteiger partial charge in [0, 0.05) is 29.3 Å². The molecule has 0 spiro atoms. The number of rotatable bonds is 5. The molecule has 1 saturated heterocycles. The topological polar surface area (TPSA) is 85.8 Å². The first-order chi connectivity index (χ1) is 15.5. The van der Waals surface area contributed by atoms with Gasteiger partial charge in [-0.25, -0.2) is 4.79 Å². The molecule has 2 N–H and O–H groups in total. The van der Waals surface area contributed by atoms with Crippen molar-refractivity contribution in [2.24, 2.45) is 11.7 Å². The molecule has 1 fully saturated rings. The first-order valence-corrected chi connectivity index (χ1v) is 11.2. The van der Waals surface area contributed by atoms with Gasteiger partial charge in [-0.15, -0.1) is 12.4 Å². The number of hydrogen-bond donors (Lipinski definition) is 1. The molecule has 1 aromatic carbocycles. The van der Waals surface area contributed by atoms with E-state index in [0.717, 1.165) is 25.9 Å². The average molecular weight is 487 g/mol. The maximum absolute atomic E-state index is 11.9. The van der Waals surface area contributed by atoms with Crippen molar-refractivity contribution >= 4 is 24.3 Å². The van der Waals surface area contributed by atoms with Gasteiger partial charge in [-0.2, -0.15) is 0 Å². The fourth-order valence-electron chi connectivity index (χ4n) is 4.76. The second kappa shape index (κ2) is 11.1. The molecular formula is C27H35ClN2O4. The number of esters is 1. The Labute approximate surface area is 208 Å². The summed E-state index contributed by atoms with van der Waals surface area (Å²) in [5.41, 5.74) is 9.54. The van der Waals surface area contributed by atoms with Gasteiger partial charge < -0.3 is 14.9 Å². The molecule has 184 valence electrons. The minimum absolute atomic E-state index is 0. The zero-order chi connectivity index (χ0) is 24.3. The third kappa shape index (κ3) is 5.80. The van der Waals surface area contributed by atoms with Gasteiger partial charge in [-0.3, -0.25) is 9.69 Å². The van der Waals surface area contributed by atoms with Crippen LogP contribution in [0.5, 0.6) is 5.75 Å². The fourth-order valence-corrected chi connectivity index (χ4v) is 4.76. The van der Waals surface area contributed by atoms with E-state index in [-0.39, 0.29) is 23.8 Å². The molecular weight excluding hydrogens is 452 g/mol. The molecule has 2 heterocycles. The molecule has 0 unspecified atom stereocenters. The number of benzene rings is 1. The SMILES string of the molecule is C=C(C)C(=O)Oc1ccc2c(c1)[C@]1(C)CCN(Cc3ccoc3)[C@@H](C2)[C@H]1C.C=C(C)C(N)=O.Cl. The van der Waals surface area contributed by atoms with E-state index in [1.807, 2.05) is 12.3 Å². The molecule has 3 atom stereocenters. The number of likely N-dealkylation sites (tertiary alicyclic amines) is 1. The lowest BCUT2D eigenvalue weighted by Crippen LogP contribution is -2.57. The summed E-state index contributed by atoms with van der Waals surface area (Å²) in [6.07, 6.45) is 5.71. The third-order valence-corrected chi connectivity index (χ3v) is 7.04. The van der Waals surface area contributed by atoms with Gasteiger partial charge in [0.05, 0.1) is 12.5 Å². The van der Waals surface area contributed by atoms with Crippen molar-refractivity contribution in [3.05, 3.63) is 77.8 Å². The van der Waals surface area contributed by atoms with E-state index < -0.39 is 5.91 Å². The van der Waals surface area contributed by atoms with E-state index in [2.05, 4.69) is 50.1 Å². The Morgan fingerprint density at radius 2 is 1.91 bits per heavy atom. The summed E-state index contributed by atoms with van der Waals surface area (Å²) in [4.78, 5) is 24.3. The van der Waals surface area contributed by atoms with Gasteiger partial charge in [-0.05, 0) is 73.9 Å². The Morgan fingerprint density at radius 1 is 1.24 bits per heavy atom. The van der Waals surface area contributed by atoms with E-state index in [0.29, 0.717) is 28.9 Å². The Kier molecular flexibility index (Phi) is 8.92.